The van der Waals surface area contributed by atoms with Gasteiger partial charge in [0.25, 0.3) is 5.91 Å². The highest BCUT2D eigenvalue weighted by atomic mass is 79.9. The highest BCUT2D eigenvalue weighted by Crippen LogP contribution is 2.17. The zero-order valence-corrected chi connectivity index (χ0v) is 12.3. The van der Waals surface area contributed by atoms with Crippen LogP contribution in [0, 0.1) is 18.6 Å². The molecule has 0 aliphatic rings. The second kappa shape index (κ2) is 6.13. The summed E-state index contributed by atoms with van der Waals surface area (Å²) in [5.41, 5.74) is 1.67. The number of nitrogens with one attached hydrogen (secondary N) is 1. The fourth-order valence-electron chi connectivity index (χ4n) is 1.73. The summed E-state index contributed by atoms with van der Waals surface area (Å²) in [4.78, 5) is 11.9. The maximum Gasteiger partial charge on any atom is 0.251 e. The molecule has 20 heavy (non-hydrogen) atoms. The third-order valence-corrected chi connectivity index (χ3v) is 3.76. The highest BCUT2D eigenvalue weighted by Gasteiger charge is 2.09. The Balaban J connectivity index is 2.06. The molecule has 0 aliphatic carbocycles. The molecule has 2 aromatic rings. The fraction of sp³-hybridized carbons (Fsp3) is 0.133. The molecule has 0 aromatic heterocycles. The molecule has 0 aliphatic heterocycles. The Morgan fingerprint density at radius 1 is 1.20 bits per heavy atom. The molecule has 0 fully saturated rings. The third-order valence-electron chi connectivity index (χ3n) is 2.87. The Bertz CT molecular complexity index is 658. The largest absolute Gasteiger partial charge is 0.348 e. The van der Waals surface area contributed by atoms with E-state index in [0.717, 1.165) is 22.2 Å². The first-order valence-corrected chi connectivity index (χ1v) is 6.75. The van der Waals surface area contributed by atoms with E-state index >= 15 is 0 Å². The first-order chi connectivity index (χ1) is 9.47. The number of benzene rings is 2. The first kappa shape index (κ1) is 14.7. The number of amides is 1. The van der Waals surface area contributed by atoms with E-state index in [1.54, 1.807) is 18.2 Å². The molecule has 0 atom stereocenters. The van der Waals surface area contributed by atoms with Gasteiger partial charge in [-0.1, -0.05) is 22.0 Å². The van der Waals surface area contributed by atoms with Crippen LogP contribution in [0.5, 0.6) is 0 Å². The van der Waals surface area contributed by atoms with Crippen LogP contribution in [0.4, 0.5) is 8.78 Å². The molecule has 2 aromatic carbocycles. The zero-order chi connectivity index (χ0) is 14.7. The van der Waals surface area contributed by atoms with Crippen molar-refractivity contribution in [2.75, 3.05) is 0 Å². The van der Waals surface area contributed by atoms with Gasteiger partial charge >= 0.3 is 0 Å². The molecule has 5 heteroatoms. The van der Waals surface area contributed by atoms with Crippen molar-refractivity contribution in [1.82, 2.24) is 5.32 Å². The lowest BCUT2D eigenvalue weighted by Gasteiger charge is -2.07. The minimum atomic E-state index is -0.669. The Labute approximate surface area is 123 Å². The average Bonchev–Trinajstić information content (AvgIpc) is 2.40. The monoisotopic (exact) mass is 339 g/mol. The minimum absolute atomic E-state index is 0.0139. The van der Waals surface area contributed by atoms with E-state index in [9.17, 15) is 13.6 Å². The van der Waals surface area contributed by atoms with Crippen LogP contribution in [-0.2, 0) is 6.54 Å². The van der Waals surface area contributed by atoms with E-state index in [2.05, 4.69) is 21.2 Å². The van der Waals surface area contributed by atoms with Crippen molar-refractivity contribution >= 4 is 21.8 Å². The van der Waals surface area contributed by atoms with Crippen molar-refractivity contribution in [2.24, 2.45) is 0 Å². The summed E-state index contributed by atoms with van der Waals surface area (Å²) < 4.78 is 27.1. The number of carbonyl (C=O) groups excluding carboxylic acids is 1. The predicted octanol–water partition coefficient (Wildman–Crippen LogP) is 3.97. The zero-order valence-electron chi connectivity index (χ0n) is 10.7. The van der Waals surface area contributed by atoms with Crippen LogP contribution in [0.3, 0.4) is 0 Å². The SMILES string of the molecule is Cc1cc(C(=O)NCc2ccc(F)cc2F)ccc1Br. The summed E-state index contributed by atoms with van der Waals surface area (Å²) in [6.45, 7) is 1.89. The van der Waals surface area contributed by atoms with Crippen LogP contribution >= 0.6 is 15.9 Å². The molecule has 0 spiro atoms. The molecule has 2 nitrogen and oxygen atoms in total. The van der Waals surface area contributed by atoms with Gasteiger partial charge in [-0.2, -0.15) is 0 Å². The molecule has 2 rings (SSSR count). The maximum absolute atomic E-state index is 13.4. The number of hydrogen-bond donors (Lipinski definition) is 1. The second-order valence-corrected chi connectivity index (χ2v) is 5.24. The lowest BCUT2D eigenvalue weighted by molar-refractivity contribution is 0.0950. The lowest BCUT2D eigenvalue weighted by Crippen LogP contribution is -2.23. The van der Waals surface area contributed by atoms with Gasteiger partial charge in [0.05, 0.1) is 0 Å². The molecule has 0 bridgehead atoms. The molecule has 0 saturated carbocycles. The quantitative estimate of drug-likeness (QED) is 0.900. The Kier molecular flexibility index (Phi) is 4.49. The summed E-state index contributed by atoms with van der Waals surface area (Å²) >= 11 is 3.35. The van der Waals surface area contributed by atoms with Crippen LogP contribution < -0.4 is 5.32 Å². The molecule has 0 saturated heterocycles. The molecule has 0 radical (unpaired) electrons. The van der Waals surface area contributed by atoms with Crippen molar-refractivity contribution < 1.29 is 13.6 Å². The van der Waals surface area contributed by atoms with Crippen molar-refractivity contribution in [1.29, 1.82) is 0 Å². The number of hydrogen-bond acceptors (Lipinski definition) is 1. The van der Waals surface area contributed by atoms with Crippen molar-refractivity contribution in [3.63, 3.8) is 0 Å². The summed E-state index contributed by atoms with van der Waals surface area (Å²) in [6, 6.07) is 8.47. The topological polar surface area (TPSA) is 29.1 Å². The van der Waals surface area contributed by atoms with Crippen molar-refractivity contribution in [3.05, 3.63) is 69.2 Å². The van der Waals surface area contributed by atoms with Gasteiger partial charge in [-0.3, -0.25) is 4.79 Å². The van der Waals surface area contributed by atoms with Gasteiger partial charge in [0, 0.05) is 28.2 Å². The van der Waals surface area contributed by atoms with Gasteiger partial charge < -0.3 is 5.32 Å². The van der Waals surface area contributed by atoms with Crippen LogP contribution in [0.2, 0.25) is 0 Å². The van der Waals surface area contributed by atoms with Crippen molar-refractivity contribution in [3.8, 4) is 0 Å². The van der Waals surface area contributed by atoms with Gasteiger partial charge in [-0.15, -0.1) is 0 Å². The first-order valence-electron chi connectivity index (χ1n) is 5.95. The van der Waals surface area contributed by atoms with Gasteiger partial charge in [0.2, 0.25) is 0 Å². The van der Waals surface area contributed by atoms with Gasteiger partial charge in [-0.25, -0.2) is 8.78 Å². The summed E-state index contributed by atoms with van der Waals surface area (Å²) in [7, 11) is 0. The van der Waals surface area contributed by atoms with Crippen LogP contribution in [0.15, 0.2) is 40.9 Å². The van der Waals surface area contributed by atoms with Gasteiger partial charge in [0.15, 0.2) is 0 Å². The average molecular weight is 340 g/mol. The van der Waals surface area contributed by atoms with E-state index in [0.29, 0.717) is 5.56 Å². The number of rotatable bonds is 3. The Morgan fingerprint density at radius 3 is 2.60 bits per heavy atom. The summed E-state index contributed by atoms with van der Waals surface area (Å²) in [5.74, 6) is -1.61. The van der Waals surface area contributed by atoms with Gasteiger partial charge in [0.1, 0.15) is 11.6 Å². The highest BCUT2D eigenvalue weighted by molar-refractivity contribution is 9.10. The minimum Gasteiger partial charge on any atom is -0.348 e. The normalized spacial score (nSPS) is 10.4. The standard InChI is InChI=1S/C15H12BrF2NO/c1-9-6-10(3-5-13(9)16)15(20)19-8-11-2-4-12(17)7-14(11)18/h2-7H,8H2,1H3,(H,19,20). The fourth-order valence-corrected chi connectivity index (χ4v) is 1.98. The second-order valence-electron chi connectivity index (χ2n) is 4.38. The smallest absolute Gasteiger partial charge is 0.251 e. The number of halogens is 3. The maximum atomic E-state index is 13.4. The summed E-state index contributed by atoms with van der Waals surface area (Å²) in [5, 5.41) is 2.61. The molecule has 104 valence electrons. The number of aryl methyl sites for hydroxylation is 1. The van der Waals surface area contributed by atoms with Crippen LogP contribution in [0.1, 0.15) is 21.5 Å². The molecular weight excluding hydrogens is 328 g/mol. The van der Waals surface area contributed by atoms with Crippen molar-refractivity contribution in [2.45, 2.75) is 13.5 Å². The summed E-state index contributed by atoms with van der Waals surface area (Å²) in [6.07, 6.45) is 0. The molecule has 1 amide bonds. The predicted molar refractivity (Wildman–Crippen MR) is 76.4 cm³/mol. The third kappa shape index (κ3) is 3.42. The van der Waals surface area contributed by atoms with E-state index in [4.69, 9.17) is 0 Å². The van der Waals surface area contributed by atoms with E-state index in [1.807, 2.05) is 6.92 Å². The van der Waals surface area contributed by atoms with Crippen LogP contribution in [0.25, 0.3) is 0 Å². The Hall–Kier alpha value is -1.75. The lowest BCUT2D eigenvalue weighted by atomic mass is 10.1. The Morgan fingerprint density at radius 2 is 1.95 bits per heavy atom. The van der Waals surface area contributed by atoms with E-state index in [1.165, 1.54) is 6.07 Å². The molecule has 0 unspecified atom stereocenters. The van der Waals surface area contributed by atoms with Gasteiger partial charge in [-0.05, 0) is 36.8 Å². The van der Waals surface area contributed by atoms with Crippen LogP contribution in [-0.4, -0.2) is 5.91 Å². The molecular formula is C15H12BrF2NO. The molecule has 1 N–H and O–H groups in total. The molecule has 0 heterocycles. The van der Waals surface area contributed by atoms with E-state index in [-0.39, 0.29) is 18.0 Å². The van der Waals surface area contributed by atoms with E-state index < -0.39 is 11.6 Å². The number of carbonyl (C=O) groups is 1.